The predicted octanol–water partition coefficient (Wildman–Crippen LogP) is 0.165. The quantitative estimate of drug-likeness (QED) is 0.599. The SMILES string of the molecule is [SnH3][n]1cnc2ccccc21. The molecular formula is C7H8N2Sn. The Bertz CT molecular complexity index is 353. The zero-order valence-electron chi connectivity index (χ0n) is 5.78. The summed E-state index contributed by atoms with van der Waals surface area (Å²) in [5.41, 5.74) is 2.39. The van der Waals surface area contributed by atoms with Crippen LogP contribution in [-0.4, -0.2) is 30.6 Å². The van der Waals surface area contributed by atoms with Crippen molar-refractivity contribution in [3.63, 3.8) is 0 Å². The molecule has 1 heterocycles. The summed E-state index contributed by atoms with van der Waals surface area (Å²) in [6, 6.07) is 8.22. The van der Waals surface area contributed by atoms with Gasteiger partial charge in [-0.25, -0.2) is 0 Å². The number of fused-ring (bicyclic) bond motifs is 1. The standard InChI is InChI=1S/C7H5N2.Sn.3H/c1-2-4-7-6(3-1)8-5-9-7;;;;/h1-5H;;;;/q-1;+1;;;. The summed E-state index contributed by atoms with van der Waals surface area (Å²) < 4.78 is 2.22. The van der Waals surface area contributed by atoms with E-state index in [1.54, 1.807) is 0 Å². The zero-order chi connectivity index (χ0) is 6.97. The van der Waals surface area contributed by atoms with Gasteiger partial charge in [-0.1, -0.05) is 0 Å². The van der Waals surface area contributed by atoms with E-state index in [2.05, 4.69) is 19.9 Å². The van der Waals surface area contributed by atoms with Gasteiger partial charge in [0.15, 0.2) is 0 Å². The van der Waals surface area contributed by atoms with Crippen molar-refractivity contribution >= 4 is 33.8 Å². The van der Waals surface area contributed by atoms with Crippen LogP contribution in [0.15, 0.2) is 30.6 Å². The number of nitrogens with zero attached hydrogens (tertiary/aromatic N) is 2. The summed E-state index contributed by atoms with van der Waals surface area (Å²) in [6.07, 6.45) is 1.92. The molecule has 50 valence electrons. The average Bonchev–Trinajstić information content (AvgIpc) is 2.34. The van der Waals surface area contributed by atoms with Gasteiger partial charge in [0.05, 0.1) is 0 Å². The number of imidazole rings is 1. The molecule has 0 N–H and O–H groups in total. The fraction of sp³-hybridized carbons (Fsp3) is 0. The summed E-state index contributed by atoms with van der Waals surface area (Å²) in [6.45, 7) is 0. The molecule has 0 aliphatic heterocycles. The minimum atomic E-state index is 0.511. The first kappa shape index (κ1) is 6.22. The van der Waals surface area contributed by atoms with Gasteiger partial charge in [0.25, 0.3) is 0 Å². The van der Waals surface area contributed by atoms with Gasteiger partial charge in [-0.2, -0.15) is 0 Å². The third-order valence-electron chi connectivity index (χ3n) is 1.63. The molecule has 10 heavy (non-hydrogen) atoms. The first-order chi connectivity index (χ1) is 4.88. The number of hydrogen-bond donors (Lipinski definition) is 0. The molecule has 0 aliphatic rings. The van der Waals surface area contributed by atoms with Gasteiger partial charge in [-0.05, 0) is 0 Å². The normalized spacial score (nSPS) is 10.8. The summed E-state index contributed by atoms with van der Waals surface area (Å²) in [5.74, 6) is 0. The van der Waals surface area contributed by atoms with E-state index in [0.29, 0.717) is 22.8 Å². The van der Waals surface area contributed by atoms with Gasteiger partial charge in [0, 0.05) is 0 Å². The number of benzene rings is 1. The van der Waals surface area contributed by atoms with Crippen molar-refractivity contribution in [1.82, 2.24) is 7.77 Å². The van der Waals surface area contributed by atoms with Crippen molar-refractivity contribution in [3.8, 4) is 0 Å². The first-order valence-corrected chi connectivity index (χ1v) is 5.79. The summed E-state index contributed by atoms with van der Waals surface area (Å²) in [7, 11) is 0. The van der Waals surface area contributed by atoms with E-state index >= 15 is 0 Å². The van der Waals surface area contributed by atoms with Crippen LogP contribution in [0.1, 0.15) is 0 Å². The van der Waals surface area contributed by atoms with Crippen molar-refractivity contribution in [2.75, 3.05) is 0 Å². The van der Waals surface area contributed by atoms with Crippen LogP contribution < -0.4 is 0 Å². The summed E-state index contributed by atoms with van der Waals surface area (Å²) in [4.78, 5) is 4.23. The van der Waals surface area contributed by atoms with Crippen LogP contribution in [0.25, 0.3) is 11.0 Å². The number of aromatic nitrogens is 2. The Kier molecular flexibility index (Phi) is 1.41. The summed E-state index contributed by atoms with van der Waals surface area (Å²) >= 11 is 0.511. The third-order valence-corrected chi connectivity index (χ3v) is 3.67. The molecule has 0 saturated carbocycles. The van der Waals surface area contributed by atoms with Gasteiger partial charge in [-0.3, -0.25) is 0 Å². The Labute approximate surface area is 72.3 Å². The second kappa shape index (κ2) is 2.27. The molecule has 0 fully saturated rings. The Morgan fingerprint density at radius 3 is 2.90 bits per heavy atom. The van der Waals surface area contributed by atoms with Crippen LogP contribution in [0.4, 0.5) is 0 Å². The maximum absolute atomic E-state index is 4.23. The van der Waals surface area contributed by atoms with Crippen LogP contribution in [0.5, 0.6) is 0 Å². The van der Waals surface area contributed by atoms with Gasteiger partial charge < -0.3 is 0 Å². The predicted molar refractivity (Wildman–Crippen MR) is 45.1 cm³/mol. The molecule has 0 amide bonds. The van der Waals surface area contributed by atoms with E-state index in [0.717, 1.165) is 5.52 Å². The van der Waals surface area contributed by atoms with Gasteiger partial charge in [0.2, 0.25) is 0 Å². The molecule has 1 aromatic carbocycles. The van der Waals surface area contributed by atoms with Crippen molar-refractivity contribution in [2.24, 2.45) is 0 Å². The van der Waals surface area contributed by atoms with Crippen molar-refractivity contribution in [2.45, 2.75) is 0 Å². The summed E-state index contributed by atoms with van der Waals surface area (Å²) in [5, 5.41) is 0. The molecule has 1 aromatic heterocycles. The van der Waals surface area contributed by atoms with E-state index in [1.807, 2.05) is 18.5 Å². The molecule has 3 heteroatoms. The molecule has 0 aliphatic carbocycles. The molecule has 2 nitrogen and oxygen atoms in total. The second-order valence-corrected chi connectivity index (χ2v) is 5.09. The Hall–Kier alpha value is -0.511. The maximum atomic E-state index is 4.23. The minimum absolute atomic E-state index is 0.511. The molecule has 0 unspecified atom stereocenters. The van der Waals surface area contributed by atoms with Crippen LogP contribution in [0.2, 0.25) is 0 Å². The number of rotatable bonds is 0. The zero-order valence-corrected chi connectivity index (χ0v) is 11.5. The van der Waals surface area contributed by atoms with Crippen molar-refractivity contribution < 1.29 is 0 Å². The molecule has 0 saturated heterocycles. The van der Waals surface area contributed by atoms with E-state index in [-0.39, 0.29) is 0 Å². The van der Waals surface area contributed by atoms with E-state index in [4.69, 9.17) is 0 Å². The molecule has 0 radical (unpaired) electrons. The Morgan fingerprint density at radius 1 is 1.30 bits per heavy atom. The third kappa shape index (κ3) is 0.830. The first-order valence-electron chi connectivity index (χ1n) is 3.24. The Morgan fingerprint density at radius 2 is 2.10 bits per heavy atom. The van der Waals surface area contributed by atoms with Crippen LogP contribution >= 0.6 is 0 Å². The van der Waals surface area contributed by atoms with Crippen LogP contribution in [-0.2, 0) is 0 Å². The molecule has 0 spiro atoms. The number of para-hydroxylation sites is 2. The molecule has 2 aromatic rings. The van der Waals surface area contributed by atoms with E-state index in [9.17, 15) is 0 Å². The van der Waals surface area contributed by atoms with E-state index < -0.39 is 0 Å². The van der Waals surface area contributed by atoms with Crippen molar-refractivity contribution in [1.29, 1.82) is 0 Å². The van der Waals surface area contributed by atoms with Crippen molar-refractivity contribution in [3.05, 3.63) is 30.6 Å². The topological polar surface area (TPSA) is 17.8 Å². The molecule has 0 atom stereocenters. The Balaban J connectivity index is 2.93. The molecule has 0 bridgehead atoms. The fourth-order valence-corrected chi connectivity index (χ4v) is 2.49. The van der Waals surface area contributed by atoms with Crippen LogP contribution in [0.3, 0.4) is 0 Å². The van der Waals surface area contributed by atoms with E-state index in [1.165, 1.54) is 5.52 Å². The average molecular weight is 239 g/mol. The van der Waals surface area contributed by atoms with Gasteiger partial charge >= 0.3 is 72.2 Å². The fourth-order valence-electron chi connectivity index (χ4n) is 1.08. The molecule has 2 rings (SSSR count). The second-order valence-electron chi connectivity index (χ2n) is 2.34. The number of hydrogen-bond acceptors (Lipinski definition) is 1. The molecular weight excluding hydrogens is 231 g/mol. The van der Waals surface area contributed by atoms with Gasteiger partial charge in [-0.15, -0.1) is 0 Å². The van der Waals surface area contributed by atoms with Crippen LogP contribution in [0, 0.1) is 0 Å². The van der Waals surface area contributed by atoms with Gasteiger partial charge in [0.1, 0.15) is 0 Å². The monoisotopic (exact) mass is 240 g/mol.